The highest BCUT2D eigenvalue weighted by molar-refractivity contribution is 5.38. The van der Waals surface area contributed by atoms with E-state index in [1.54, 1.807) is 0 Å². The topological polar surface area (TPSA) is 33.7 Å². The lowest BCUT2D eigenvalue weighted by Gasteiger charge is -2.39. The summed E-state index contributed by atoms with van der Waals surface area (Å²) in [5.74, 6) is 1.01. The number of benzene rings is 1. The number of fused-ring (bicyclic) bond motifs is 1. The van der Waals surface area contributed by atoms with E-state index in [9.17, 15) is 0 Å². The van der Waals surface area contributed by atoms with Crippen LogP contribution >= 0.6 is 0 Å². The van der Waals surface area contributed by atoms with Gasteiger partial charge in [0.15, 0.2) is 0 Å². The van der Waals surface area contributed by atoms with Crippen molar-refractivity contribution in [1.29, 1.82) is 0 Å². The molecule has 2 aliphatic heterocycles. The van der Waals surface area contributed by atoms with E-state index in [2.05, 4.69) is 49.3 Å². The molecule has 2 heterocycles. The van der Waals surface area contributed by atoms with E-state index in [1.165, 1.54) is 5.56 Å². The molecule has 1 aromatic rings. The predicted molar refractivity (Wildman–Crippen MR) is 83.7 cm³/mol. The minimum atomic E-state index is -0.129. The van der Waals surface area contributed by atoms with Crippen LogP contribution in [0.25, 0.3) is 0 Å². The van der Waals surface area contributed by atoms with Gasteiger partial charge in [-0.05, 0) is 27.0 Å². The van der Waals surface area contributed by atoms with E-state index in [0.29, 0.717) is 6.04 Å². The number of likely N-dealkylation sites (N-methyl/N-ethyl adjacent to an activating group) is 1. The molecule has 0 saturated carbocycles. The number of para-hydroxylation sites is 1. The lowest BCUT2D eigenvalue weighted by Crippen LogP contribution is -2.47. The van der Waals surface area contributed by atoms with Gasteiger partial charge < -0.3 is 19.7 Å². The molecule has 0 radical (unpaired) electrons. The summed E-state index contributed by atoms with van der Waals surface area (Å²) in [5, 5.41) is 3.69. The SMILES string of the molecule is CN1CCOC(CNC2CC(C)(C)Oc3ccccc32)C1. The maximum atomic E-state index is 6.08. The summed E-state index contributed by atoms with van der Waals surface area (Å²) in [5.41, 5.74) is 1.14. The van der Waals surface area contributed by atoms with E-state index in [-0.39, 0.29) is 11.7 Å². The fourth-order valence-electron chi connectivity index (χ4n) is 3.25. The Hall–Kier alpha value is -1.10. The molecule has 0 spiro atoms. The van der Waals surface area contributed by atoms with Gasteiger partial charge in [0.2, 0.25) is 0 Å². The van der Waals surface area contributed by atoms with Gasteiger partial charge in [0.25, 0.3) is 0 Å². The van der Waals surface area contributed by atoms with E-state index < -0.39 is 0 Å². The van der Waals surface area contributed by atoms with Crippen molar-refractivity contribution < 1.29 is 9.47 Å². The lowest BCUT2D eigenvalue weighted by atomic mass is 9.89. The second-order valence-corrected chi connectivity index (χ2v) is 6.82. The van der Waals surface area contributed by atoms with Gasteiger partial charge in [-0.1, -0.05) is 18.2 Å². The number of hydrogen-bond acceptors (Lipinski definition) is 4. The first-order valence-corrected chi connectivity index (χ1v) is 7.85. The fraction of sp³-hybridized carbons (Fsp3) is 0.647. The predicted octanol–water partition coefficient (Wildman–Crippen LogP) is 2.21. The monoisotopic (exact) mass is 290 g/mol. The van der Waals surface area contributed by atoms with Gasteiger partial charge in [0.1, 0.15) is 11.4 Å². The van der Waals surface area contributed by atoms with Gasteiger partial charge in [-0.3, -0.25) is 0 Å². The number of rotatable bonds is 3. The van der Waals surface area contributed by atoms with Crippen LogP contribution in [0.3, 0.4) is 0 Å². The molecule has 1 aromatic carbocycles. The summed E-state index contributed by atoms with van der Waals surface area (Å²) in [4.78, 5) is 2.33. The van der Waals surface area contributed by atoms with Crippen molar-refractivity contribution in [3.05, 3.63) is 29.8 Å². The standard InChI is InChI=1S/C17H26N2O2/c1-17(2)10-15(14-6-4-5-7-16(14)21-17)18-11-13-12-19(3)8-9-20-13/h4-7,13,15,18H,8-12H2,1-3H3. The van der Waals surface area contributed by atoms with Gasteiger partial charge in [-0.2, -0.15) is 0 Å². The van der Waals surface area contributed by atoms with Crippen molar-refractivity contribution in [3.63, 3.8) is 0 Å². The van der Waals surface area contributed by atoms with Crippen molar-refractivity contribution >= 4 is 0 Å². The minimum absolute atomic E-state index is 0.129. The molecule has 1 fully saturated rings. The highest BCUT2D eigenvalue weighted by Crippen LogP contribution is 2.39. The Labute approximate surface area is 127 Å². The van der Waals surface area contributed by atoms with Gasteiger partial charge in [0.05, 0.1) is 12.7 Å². The summed E-state index contributed by atoms with van der Waals surface area (Å²) < 4.78 is 11.9. The normalized spacial score (nSPS) is 28.7. The Bertz CT molecular complexity index is 489. The Kier molecular flexibility index (Phi) is 4.20. The Morgan fingerprint density at radius 1 is 1.33 bits per heavy atom. The third kappa shape index (κ3) is 3.57. The molecule has 0 aliphatic carbocycles. The van der Waals surface area contributed by atoms with E-state index in [0.717, 1.165) is 38.4 Å². The Morgan fingerprint density at radius 2 is 2.14 bits per heavy atom. The minimum Gasteiger partial charge on any atom is -0.487 e. The molecule has 116 valence electrons. The lowest BCUT2D eigenvalue weighted by molar-refractivity contribution is -0.0217. The van der Waals surface area contributed by atoms with Crippen molar-refractivity contribution in [2.24, 2.45) is 0 Å². The number of ether oxygens (including phenoxy) is 2. The zero-order valence-corrected chi connectivity index (χ0v) is 13.3. The second kappa shape index (κ2) is 5.95. The average molecular weight is 290 g/mol. The van der Waals surface area contributed by atoms with Crippen LogP contribution in [0.1, 0.15) is 31.9 Å². The van der Waals surface area contributed by atoms with Crippen LogP contribution in [0.2, 0.25) is 0 Å². The molecule has 2 atom stereocenters. The summed E-state index contributed by atoms with van der Waals surface area (Å²) in [7, 11) is 2.16. The van der Waals surface area contributed by atoms with Crippen LogP contribution in [0, 0.1) is 0 Å². The molecular weight excluding hydrogens is 264 g/mol. The first-order chi connectivity index (χ1) is 10.0. The van der Waals surface area contributed by atoms with Crippen LogP contribution in [0.4, 0.5) is 0 Å². The maximum absolute atomic E-state index is 6.08. The van der Waals surface area contributed by atoms with E-state index in [1.807, 2.05) is 6.07 Å². The third-order valence-corrected chi connectivity index (χ3v) is 4.31. The molecular formula is C17H26N2O2. The van der Waals surface area contributed by atoms with Crippen molar-refractivity contribution in [2.75, 3.05) is 33.3 Å². The summed E-state index contributed by atoms with van der Waals surface area (Å²) in [6, 6.07) is 8.68. The molecule has 3 rings (SSSR count). The molecule has 1 saturated heterocycles. The van der Waals surface area contributed by atoms with E-state index in [4.69, 9.17) is 9.47 Å². The van der Waals surface area contributed by atoms with Crippen LogP contribution in [0.5, 0.6) is 5.75 Å². The van der Waals surface area contributed by atoms with Crippen molar-refractivity contribution in [3.8, 4) is 5.75 Å². The second-order valence-electron chi connectivity index (χ2n) is 6.82. The Balaban J connectivity index is 1.67. The molecule has 2 aliphatic rings. The molecule has 21 heavy (non-hydrogen) atoms. The summed E-state index contributed by atoms with van der Waals surface area (Å²) in [6.07, 6.45) is 1.26. The highest BCUT2D eigenvalue weighted by Gasteiger charge is 2.33. The van der Waals surface area contributed by atoms with Crippen LogP contribution in [0.15, 0.2) is 24.3 Å². The summed E-state index contributed by atoms with van der Waals surface area (Å²) >= 11 is 0. The fourth-order valence-corrected chi connectivity index (χ4v) is 3.25. The maximum Gasteiger partial charge on any atom is 0.124 e. The quantitative estimate of drug-likeness (QED) is 0.925. The zero-order valence-electron chi connectivity index (χ0n) is 13.3. The third-order valence-electron chi connectivity index (χ3n) is 4.31. The zero-order chi connectivity index (χ0) is 14.9. The Morgan fingerprint density at radius 3 is 2.95 bits per heavy atom. The molecule has 1 N–H and O–H groups in total. The van der Waals surface area contributed by atoms with Gasteiger partial charge in [-0.15, -0.1) is 0 Å². The number of morpholine rings is 1. The molecule has 2 unspecified atom stereocenters. The van der Waals surface area contributed by atoms with Gasteiger partial charge in [-0.25, -0.2) is 0 Å². The molecule has 4 heteroatoms. The smallest absolute Gasteiger partial charge is 0.124 e. The summed E-state index contributed by atoms with van der Waals surface area (Å²) in [6.45, 7) is 8.06. The first-order valence-electron chi connectivity index (χ1n) is 7.85. The molecule has 0 amide bonds. The van der Waals surface area contributed by atoms with E-state index >= 15 is 0 Å². The average Bonchev–Trinajstić information content (AvgIpc) is 2.44. The van der Waals surface area contributed by atoms with Crippen LogP contribution < -0.4 is 10.1 Å². The number of hydrogen-bond donors (Lipinski definition) is 1. The molecule has 0 aromatic heterocycles. The van der Waals surface area contributed by atoms with Crippen LogP contribution in [-0.4, -0.2) is 49.9 Å². The largest absolute Gasteiger partial charge is 0.487 e. The van der Waals surface area contributed by atoms with Crippen molar-refractivity contribution in [2.45, 2.75) is 38.0 Å². The van der Waals surface area contributed by atoms with Crippen molar-refractivity contribution in [1.82, 2.24) is 10.2 Å². The first kappa shape index (κ1) is 14.8. The molecule has 0 bridgehead atoms. The number of nitrogens with one attached hydrogen (secondary N) is 1. The van der Waals surface area contributed by atoms with Crippen LogP contribution in [-0.2, 0) is 4.74 Å². The number of nitrogens with zero attached hydrogens (tertiary/aromatic N) is 1. The molecule has 4 nitrogen and oxygen atoms in total. The highest BCUT2D eigenvalue weighted by atomic mass is 16.5. The van der Waals surface area contributed by atoms with Gasteiger partial charge >= 0.3 is 0 Å². The van der Waals surface area contributed by atoms with Gasteiger partial charge in [0, 0.05) is 37.7 Å².